The SMILES string of the molecule is COC(=O)C1=C(C)NC2=C(C(=O)CC(C)(C)C2)[C@H]1c1ccccc1OC(F)F. The van der Waals surface area contributed by atoms with Gasteiger partial charge >= 0.3 is 12.6 Å². The Bertz CT molecular complexity index is 886. The lowest BCUT2D eigenvalue weighted by Gasteiger charge is -2.39. The molecule has 0 amide bonds. The van der Waals surface area contributed by atoms with E-state index in [1.807, 2.05) is 13.8 Å². The van der Waals surface area contributed by atoms with E-state index in [9.17, 15) is 18.4 Å². The number of ketones is 1. The van der Waals surface area contributed by atoms with Crippen molar-refractivity contribution >= 4 is 11.8 Å². The predicted octanol–water partition coefficient (Wildman–Crippen LogP) is 4.07. The summed E-state index contributed by atoms with van der Waals surface area (Å²) in [5, 5.41) is 3.18. The fourth-order valence-electron chi connectivity index (χ4n) is 4.05. The standard InChI is InChI=1S/C21H23F2NO4/c1-11-16(19(26)27-4)17(12-7-5-6-8-15(12)28-20(22)23)18-13(24-11)9-21(2,3)10-14(18)25/h5-8,17,20,24H,9-10H2,1-4H3/t17-/m0/s1. The van der Waals surface area contributed by atoms with Crippen LogP contribution in [0.25, 0.3) is 0 Å². The number of carbonyl (C=O) groups excluding carboxylic acids is 2. The van der Waals surface area contributed by atoms with Gasteiger partial charge in [0.25, 0.3) is 0 Å². The Kier molecular flexibility index (Phi) is 5.28. The Morgan fingerprint density at radius 3 is 2.57 bits per heavy atom. The van der Waals surface area contributed by atoms with E-state index in [-0.39, 0.29) is 22.5 Å². The largest absolute Gasteiger partial charge is 0.466 e. The molecule has 1 aliphatic carbocycles. The molecular formula is C21H23F2NO4. The molecule has 1 N–H and O–H groups in total. The molecule has 0 spiro atoms. The third-order valence-electron chi connectivity index (χ3n) is 5.09. The van der Waals surface area contributed by atoms with E-state index < -0.39 is 18.5 Å². The van der Waals surface area contributed by atoms with Crippen LogP contribution in [0.15, 0.2) is 46.8 Å². The molecule has 0 aromatic heterocycles. The average Bonchev–Trinajstić information content (AvgIpc) is 2.59. The molecule has 28 heavy (non-hydrogen) atoms. The van der Waals surface area contributed by atoms with Crippen molar-refractivity contribution in [3.63, 3.8) is 0 Å². The normalized spacial score (nSPS) is 21.4. The van der Waals surface area contributed by atoms with E-state index in [1.165, 1.54) is 13.2 Å². The zero-order valence-corrected chi connectivity index (χ0v) is 16.3. The molecule has 1 heterocycles. The number of dihydropyridines is 1. The molecule has 7 heteroatoms. The van der Waals surface area contributed by atoms with Crippen LogP contribution < -0.4 is 10.1 Å². The van der Waals surface area contributed by atoms with E-state index in [2.05, 4.69) is 10.1 Å². The number of nitrogens with one attached hydrogen (secondary N) is 1. The minimum absolute atomic E-state index is 0.0666. The number of carbonyl (C=O) groups is 2. The van der Waals surface area contributed by atoms with Crippen LogP contribution in [0.5, 0.6) is 5.75 Å². The van der Waals surface area contributed by atoms with Crippen molar-refractivity contribution in [2.24, 2.45) is 5.41 Å². The van der Waals surface area contributed by atoms with Crippen LogP contribution in [0.2, 0.25) is 0 Å². The number of Topliss-reactive ketones (excluding diaryl/α,β-unsaturated/α-hetero) is 1. The molecule has 0 bridgehead atoms. The maximum atomic E-state index is 13.1. The molecule has 5 nitrogen and oxygen atoms in total. The smallest absolute Gasteiger partial charge is 0.387 e. The zero-order chi connectivity index (χ0) is 20.6. The number of esters is 1. The third kappa shape index (κ3) is 3.66. The van der Waals surface area contributed by atoms with Crippen molar-refractivity contribution < 1.29 is 27.8 Å². The average molecular weight is 391 g/mol. The lowest BCUT2D eigenvalue weighted by atomic mass is 9.68. The number of allylic oxidation sites excluding steroid dienone is 3. The number of ether oxygens (including phenoxy) is 2. The van der Waals surface area contributed by atoms with Gasteiger partial charge in [0.05, 0.1) is 18.6 Å². The molecule has 1 aromatic rings. The highest BCUT2D eigenvalue weighted by Gasteiger charge is 2.43. The Morgan fingerprint density at radius 2 is 1.93 bits per heavy atom. The van der Waals surface area contributed by atoms with Crippen LogP contribution in [0.1, 0.15) is 45.1 Å². The Morgan fingerprint density at radius 1 is 1.25 bits per heavy atom. The van der Waals surface area contributed by atoms with Crippen molar-refractivity contribution in [3.8, 4) is 5.75 Å². The van der Waals surface area contributed by atoms with E-state index in [0.29, 0.717) is 35.4 Å². The number of rotatable bonds is 4. The van der Waals surface area contributed by atoms with Crippen molar-refractivity contribution in [3.05, 3.63) is 52.4 Å². The molecule has 0 saturated heterocycles. The first-order valence-electron chi connectivity index (χ1n) is 9.00. The van der Waals surface area contributed by atoms with E-state index in [4.69, 9.17) is 4.74 Å². The Labute approximate surface area is 162 Å². The number of halogens is 2. The predicted molar refractivity (Wildman–Crippen MR) is 98.7 cm³/mol. The summed E-state index contributed by atoms with van der Waals surface area (Å²) in [7, 11) is 1.25. The van der Waals surface area contributed by atoms with E-state index in [1.54, 1.807) is 25.1 Å². The first-order chi connectivity index (χ1) is 13.1. The van der Waals surface area contributed by atoms with Crippen molar-refractivity contribution in [1.29, 1.82) is 0 Å². The lowest BCUT2D eigenvalue weighted by Crippen LogP contribution is -2.38. The molecule has 0 saturated carbocycles. The van der Waals surface area contributed by atoms with Gasteiger partial charge < -0.3 is 14.8 Å². The molecule has 1 aromatic carbocycles. The van der Waals surface area contributed by atoms with Crippen LogP contribution >= 0.6 is 0 Å². The topological polar surface area (TPSA) is 64.6 Å². The lowest BCUT2D eigenvalue weighted by molar-refractivity contribution is -0.136. The second kappa shape index (κ2) is 7.37. The van der Waals surface area contributed by atoms with Gasteiger partial charge in [0.15, 0.2) is 5.78 Å². The summed E-state index contributed by atoms with van der Waals surface area (Å²) in [6.45, 7) is 2.68. The summed E-state index contributed by atoms with van der Waals surface area (Å²) in [5.41, 5.74) is 1.98. The molecule has 1 aliphatic heterocycles. The number of para-hydroxylation sites is 1. The Hall–Kier alpha value is -2.70. The number of hydrogen-bond acceptors (Lipinski definition) is 5. The first-order valence-corrected chi connectivity index (χ1v) is 9.00. The highest BCUT2D eigenvalue weighted by atomic mass is 19.3. The third-order valence-corrected chi connectivity index (χ3v) is 5.09. The van der Waals surface area contributed by atoms with Crippen molar-refractivity contribution in [2.75, 3.05) is 7.11 Å². The fourth-order valence-corrected chi connectivity index (χ4v) is 4.05. The second-order valence-corrected chi connectivity index (χ2v) is 7.84. The van der Waals surface area contributed by atoms with Crippen molar-refractivity contribution in [1.82, 2.24) is 5.32 Å². The number of methoxy groups -OCH3 is 1. The number of benzene rings is 1. The number of alkyl halides is 2. The number of hydrogen-bond donors (Lipinski definition) is 1. The van der Waals surface area contributed by atoms with E-state index >= 15 is 0 Å². The molecule has 2 aliphatic rings. The van der Waals surface area contributed by atoms with Gasteiger partial charge in [0, 0.05) is 29.0 Å². The van der Waals surface area contributed by atoms with Crippen LogP contribution in [0.3, 0.4) is 0 Å². The molecule has 3 rings (SSSR count). The van der Waals surface area contributed by atoms with Gasteiger partial charge in [-0.3, -0.25) is 4.79 Å². The van der Waals surface area contributed by atoms with Gasteiger partial charge in [0.1, 0.15) is 5.75 Å². The summed E-state index contributed by atoms with van der Waals surface area (Å²) >= 11 is 0. The quantitative estimate of drug-likeness (QED) is 0.784. The fraction of sp³-hybridized carbons (Fsp3) is 0.429. The molecule has 0 fully saturated rings. The van der Waals surface area contributed by atoms with Crippen LogP contribution in [-0.4, -0.2) is 25.5 Å². The summed E-state index contributed by atoms with van der Waals surface area (Å²) in [6.07, 6.45) is 0.906. The summed E-state index contributed by atoms with van der Waals surface area (Å²) in [6, 6.07) is 6.24. The van der Waals surface area contributed by atoms with Gasteiger partial charge in [-0.1, -0.05) is 32.0 Å². The second-order valence-electron chi connectivity index (χ2n) is 7.84. The van der Waals surface area contributed by atoms with Gasteiger partial charge in [-0.25, -0.2) is 4.79 Å². The maximum Gasteiger partial charge on any atom is 0.387 e. The van der Waals surface area contributed by atoms with Crippen LogP contribution in [0, 0.1) is 5.41 Å². The van der Waals surface area contributed by atoms with Gasteiger partial charge in [0.2, 0.25) is 0 Å². The molecule has 1 atom stereocenters. The Balaban J connectivity index is 2.23. The highest BCUT2D eigenvalue weighted by Crippen LogP contribution is 2.48. The summed E-state index contributed by atoms with van der Waals surface area (Å²) in [5.74, 6) is -1.64. The monoisotopic (exact) mass is 391 g/mol. The highest BCUT2D eigenvalue weighted by molar-refractivity contribution is 6.04. The molecular weight excluding hydrogens is 368 g/mol. The summed E-state index contributed by atoms with van der Waals surface area (Å²) < 4.78 is 35.5. The van der Waals surface area contributed by atoms with Gasteiger partial charge in [-0.2, -0.15) is 8.78 Å². The van der Waals surface area contributed by atoms with Crippen molar-refractivity contribution in [2.45, 2.75) is 46.1 Å². The first kappa shape index (κ1) is 20.0. The minimum Gasteiger partial charge on any atom is -0.466 e. The molecule has 150 valence electrons. The summed E-state index contributed by atoms with van der Waals surface area (Å²) in [4.78, 5) is 25.6. The minimum atomic E-state index is -3.02. The maximum absolute atomic E-state index is 13.1. The van der Waals surface area contributed by atoms with Crippen LogP contribution in [0.4, 0.5) is 8.78 Å². The van der Waals surface area contributed by atoms with Gasteiger partial charge in [-0.05, 0) is 24.8 Å². The molecule has 0 unspecified atom stereocenters. The zero-order valence-electron chi connectivity index (χ0n) is 16.3. The molecule has 0 radical (unpaired) electrons. The van der Waals surface area contributed by atoms with E-state index in [0.717, 1.165) is 0 Å². The van der Waals surface area contributed by atoms with Gasteiger partial charge in [-0.15, -0.1) is 0 Å². The van der Waals surface area contributed by atoms with Crippen LogP contribution in [-0.2, 0) is 14.3 Å².